The normalized spacial score (nSPS) is 10.9. The Bertz CT molecular complexity index is 776. The minimum absolute atomic E-state index is 0.0253. The van der Waals surface area contributed by atoms with Gasteiger partial charge in [0, 0.05) is 12.6 Å². The Balaban J connectivity index is 1.84. The molecule has 0 bridgehead atoms. The monoisotopic (exact) mass is 377 g/mol. The second kappa shape index (κ2) is 10.2. The van der Waals surface area contributed by atoms with Crippen LogP contribution < -0.4 is 19.5 Å². The lowest BCUT2D eigenvalue weighted by Crippen LogP contribution is -2.23. The lowest BCUT2D eigenvalue weighted by molar-refractivity contribution is -0.116. The smallest absolute Gasteiger partial charge is 0.387 e. The predicted molar refractivity (Wildman–Crippen MR) is 98.4 cm³/mol. The van der Waals surface area contributed by atoms with Crippen molar-refractivity contribution in [3.05, 3.63) is 59.7 Å². The Labute approximate surface area is 156 Å². The first-order valence-electron chi connectivity index (χ1n) is 8.23. The van der Waals surface area contributed by atoms with Gasteiger partial charge in [0.05, 0.1) is 14.2 Å². The van der Waals surface area contributed by atoms with Gasteiger partial charge in [-0.1, -0.05) is 18.2 Å². The molecule has 0 unspecified atom stereocenters. The maximum atomic E-state index is 12.3. The third-order valence-electron chi connectivity index (χ3n) is 3.70. The van der Waals surface area contributed by atoms with Crippen LogP contribution in [0.5, 0.6) is 17.2 Å². The molecule has 1 amide bonds. The van der Waals surface area contributed by atoms with Gasteiger partial charge in [0.2, 0.25) is 5.91 Å². The van der Waals surface area contributed by atoms with Crippen molar-refractivity contribution in [3.8, 4) is 17.2 Å². The van der Waals surface area contributed by atoms with Gasteiger partial charge in [0.1, 0.15) is 5.75 Å². The van der Waals surface area contributed by atoms with Crippen LogP contribution in [0.25, 0.3) is 6.08 Å². The number of carbonyl (C=O) groups excluding carboxylic acids is 1. The number of rotatable bonds is 9. The molecule has 0 spiro atoms. The lowest BCUT2D eigenvalue weighted by Gasteiger charge is -2.11. The largest absolute Gasteiger partial charge is 0.497 e. The summed E-state index contributed by atoms with van der Waals surface area (Å²) >= 11 is 0. The highest BCUT2D eigenvalue weighted by atomic mass is 19.3. The molecule has 2 aromatic rings. The molecule has 0 saturated carbocycles. The van der Waals surface area contributed by atoms with Crippen LogP contribution >= 0.6 is 0 Å². The Hall–Kier alpha value is -3.09. The van der Waals surface area contributed by atoms with E-state index in [1.807, 2.05) is 24.3 Å². The van der Waals surface area contributed by atoms with E-state index in [4.69, 9.17) is 9.47 Å². The summed E-state index contributed by atoms with van der Waals surface area (Å²) in [5, 5.41) is 2.77. The van der Waals surface area contributed by atoms with E-state index in [9.17, 15) is 13.6 Å². The number of amides is 1. The number of methoxy groups -OCH3 is 2. The molecule has 0 aliphatic heterocycles. The van der Waals surface area contributed by atoms with Crippen LogP contribution in [-0.2, 0) is 11.2 Å². The number of ether oxygens (including phenoxy) is 3. The lowest BCUT2D eigenvalue weighted by atomic mass is 10.1. The molecule has 2 rings (SSSR count). The first kappa shape index (κ1) is 20.2. The molecule has 27 heavy (non-hydrogen) atoms. The zero-order chi connectivity index (χ0) is 19.6. The van der Waals surface area contributed by atoms with Gasteiger partial charge in [0.25, 0.3) is 0 Å². The maximum absolute atomic E-state index is 12.3. The summed E-state index contributed by atoms with van der Waals surface area (Å²) < 4.78 is 39.2. The van der Waals surface area contributed by atoms with E-state index in [1.165, 1.54) is 19.3 Å². The first-order chi connectivity index (χ1) is 13.0. The predicted octanol–water partition coefficient (Wildman–Crippen LogP) is 3.68. The SMILES string of the molecule is COc1ccc(/C=C/C(=O)NCCc2ccc(OC(F)F)c(OC)c2)cc1. The Morgan fingerprint density at radius 2 is 1.81 bits per heavy atom. The minimum atomic E-state index is -2.92. The Kier molecular flexibility index (Phi) is 7.61. The third kappa shape index (κ3) is 6.62. The second-order valence-corrected chi connectivity index (χ2v) is 5.51. The van der Waals surface area contributed by atoms with Gasteiger partial charge in [-0.15, -0.1) is 0 Å². The van der Waals surface area contributed by atoms with Crippen LogP contribution in [0.3, 0.4) is 0 Å². The van der Waals surface area contributed by atoms with Crippen LogP contribution in [0, 0.1) is 0 Å². The average molecular weight is 377 g/mol. The quantitative estimate of drug-likeness (QED) is 0.678. The summed E-state index contributed by atoms with van der Waals surface area (Å²) in [5.74, 6) is 0.716. The number of hydrogen-bond donors (Lipinski definition) is 1. The number of nitrogens with one attached hydrogen (secondary N) is 1. The van der Waals surface area contributed by atoms with Gasteiger partial charge in [-0.3, -0.25) is 4.79 Å². The summed E-state index contributed by atoms with van der Waals surface area (Å²) in [6, 6.07) is 12.0. The van der Waals surface area contributed by atoms with E-state index in [0.717, 1.165) is 16.9 Å². The van der Waals surface area contributed by atoms with E-state index in [1.54, 1.807) is 25.3 Å². The summed E-state index contributed by atoms with van der Waals surface area (Å²) in [4.78, 5) is 11.9. The maximum Gasteiger partial charge on any atom is 0.387 e. The van der Waals surface area contributed by atoms with Crippen LogP contribution in [-0.4, -0.2) is 33.3 Å². The molecule has 0 saturated heterocycles. The molecule has 0 fully saturated rings. The molecular formula is C20H21F2NO4. The molecule has 0 aliphatic carbocycles. The zero-order valence-electron chi connectivity index (χ0n) is 15.1. The van der Waals surface area contributed by atoms with Gasteiger partial charge in [-0.05, 0) is 47.9 Å². The zero-order valence-corrected chi connectivity index (χ0v) is 15.1. The van der Waals surface area contributed by atoms with Crippen molar-refractivity contribution < 1.29 is 27.8 Å². The molecule has 0 radical (unpaired) electrons. The van der Waals surface area contributed by atoms with Crippen LogP contribution in [0.2, 0.25) is 0 Å². The van der Waals surface area contributed by atoms with Crippen molar-refractivity contribution in [1.82, 2.24) is 5.32 Å². The standard InChI is InChI=1S/C20H21F2NO4/c1-25-16-7-3-14(4-8-16)6-10-19(24)23-12-11-15-5-9-17(27-20(21)22)18(13-15)26-2/h3-10,13,20H,11-12H2,1-2H3,(H,23,24)/b10-6+. The highest BCUT2D eigenvalue weighted by Gasteiger charge is 2.11. The van der Waals surface area contributed by atoms with E-state index < -0.39 is 6.61 Å². The van der Waals surface area contributed by atoms with Crippen LogP contribution in [0.1, 0.15) is 11.1 Å². The molecule has 0 atom stereocenters. The number of alkyl halides is 2. The summed E-state index contributed by atoms with van der Waals surface area (Å²) in [6.45, 7) is -2.52. The molecule has 0 aliphatic rings. The van der Waals surface area contributed by atoms with Gasteiger partial charge < -0.3 is 19.5 Å². The van der Waals surface area contributed by atoms with Gasteiger partial charge in [-0.2, -0.15) is 8.78 Å². The van der Waals surface area contributed by atoms with Crippen molar-refractivity contribution in [2.75, 3.05) is 20.8 Å². The molecule has 1 N–H and O–H groups in total. The topological polar surface area (TPSA) is 56.8 Å². The van der Waals surface area contributed by atoms with Crippen LogP contribution in [0.15, 0.2) is 48.5 Å². The molecular weight excluding hydrogens is 356 g/mol. The number of hydrogen-bond acceptors (Lipinski definition) is 4. The summed E-state index contributed by atoms with van der Waals surface area (Å²) in [6.07, 6.45) is 3.67. The molecule has 5 nitrogen and oxygen atoms in total. The Morgan fingerprint density at radius 1 is 1.07 bits per heavy atom. The van der Waals surface area contributed by atoms with Crippen LogP contribution in [0.4, 0.5) is 8.78 Å². The molecule has 2 aromatic carbocycles. The first-order valence-corrected chi connectivity index (χ1v) is 8.23. The Morgan fingerprint density at radius 3 is 2.44 bits per heavy atom. The minimum Gasteiger partial charge on any atom is -0.497 e. The molecule has 144 valence electrons. The van der Waals surface area contributed by atoms with Gasteiger partial charge >= 0.3 is 6.61 Å². The summed E-state index contributed by atoms with van der Waals surface area (Å²) in [5.41, 5.74) is 1.71. The van der Waals surface area contributed by atoms with Crippen molar-refractivity contribution in [3.63, 3.8) is 0 Å². The average Bonchev–Trinajstić information content (AvgIpc) is 2.67. The fourth-order valence-corrected chi connectivity index (χ4v) is 2.34. The van der Waals surface area contributed by atoms with E-state index in [-0.39, 0.29) is 17.4 Å². The fraction of sp³-hybridized carbons (Fsp3) is 0.250. The summed E-state index contributed by atoms with van der Waals surface area (Å²) in [7, 11) is 2.97. The van der Waals surface area contributed by atoms with Gasteiger partial charge in [0.15, 0.2) is 11.5 Å². The highest BCUT2D eigenvalue weighted by molar-refractivity contribution is 5.91. The second-order valence-electron chi connectivity index (χ2n) is 5.51. The number of benzene rings is 2. The molecule has 0 heterocycles. The van der Waals surface area contributed by atoms with Crippen molar-refractivity contribution in [1.29, 1.82) is 0 Å². The van der Waals surface area contributed by atoms with Crippen molar-refractivity contribution >= 4 is 12.0 Å². The van der Waals surface area contributed by atoms with E-state index in [0.29, 0.717) is 13.0 Å². The third-order valence-corrected chi connectivity index (χ3v) is 3.70. The van der Waals surface area contributed by atoms with E-state index in [2.05, 4.69) is 10.1 Å². The van der Waals surface area contributed by atoms with Crippen molar-refractivity contribution in [2.45, 2.75) is 13.0 Å². The van der Waals surface area contributed by atoms with E-state index >= 15 is 0 Å². The number of halogens is 2. The molecule has 0 aromatic heterocycles. The van der Waals surface area contributed by atoms with Gasteiger partial charge in [-0.25, -0.2) is 0 Å². The number of carbonyl (C=O) groups is 1. The van der Waals surface area contributed by atoms with Crippen molar-refractivity contribution in [2.24, 2.45) is 0 Å². The highest BCUT2D eigenvalue weighted by Crippen LogP contribution is 2.29. The fourth-order valence-electron chi connectivity index (χ4n) is 2.34. The molecule has 7 heteroatoms.